The summed E-state index contributed by atoms with van der Waals surface area (Å²) in [4.78, 5) is 39.1. The predicted octanol–water partition coefficient (Wildman–Crippen LogP) is 0.848. The van der Waals surface area contributed by atoms with E-state index in [2.05, 4.69) is 15.3 Å². The van der Waals surface area contributed by atoms with E-state index in [1.165, 1.54) is 12.2 Å². The van der Waals surface area contributed by atoms with E-state index in [1.54, 1.807) is 24.3 Å². The van der Waals surface area contributed by atoms with Crippen LogP contribution in [-0.4, -0.2) is 35.4 Å². The Balaban J connectivity index is 2.41. The van der Waals surface area contributed by atoms with E-state index >= 15 is 0 Å². The summed E-state index contributed by atoms with van der Waals surface area (Å²) in [6.07, 6.45) is 3.27. The van der Waals surface area contributed by atoms with Crippen LogP contribution in [0.2, 0.25) is 0 Å². The molecule has 1 aromatic carbocycles. The van der Waals surface area contributed by atoms with Gasteiger partial charge in [0.05, 0.1) is 5.69 Å². The first kappa shape index (κ1) is 13.8. The van der Waals surface area contributed by atoms with E-state index in [-0.39, 0.29) is 0 Å². The minimum Gasteiger partial charge on any atom is -0.478 e. The fraction of sp³-hybridized carbons (Fsp3) is 0.308. The summed E-state index contributed by atoms with van der Waals surface area (Å²) in [6, 6.07) is 6.48. The minimum atomic E-state index is -1.68. The molecule has 20 heavy (non-hydrogen) atoms. The first-order chi connectivity index (χ1) is 9.64. The maximum absolute atomic E-state index is 11.5. The summed E-state index contributed by atoms with van der Waals surface area (Å²) in [6.45, 7) is 0.427. The molecule has 2 N–H and O–H groups in total. The number of carbonyl (C=O) groups is 1. The normalized spacial score (nSPS) is 24.5. The maximum Gasteiger partial charge on any atom is 0.348 e. The van der Waals surface area contributed by atoms with Crippen LogP contribution in [0.15, 0.2) is 34.3 Å². The van der Waals surface area contributed by atoms with Crippen LogP contribution in [-0.2, 0) is 14.4 Å². The topological polar surface area (TPSA) is 108 Å². The van der Waals surface area contributed by atoms with Crippen molar-refractivity contribution in [1.29, 1.82) is 0 Å². The predicted molar refractivity (Wildman–Crippen MR) is 68.1 cm³/mol. The van der Waals surface area contributed by atoms with Gasteiger partial charge in [0.25, 0.3) is 0 Å². The number of rotatable bonds is 4. The Morgan fingerprint density at radius 1 is 1.30 bits per heavy atom. The van der Waals surface area contributed by atoms with Gasteiger partial charge in [0, 0.05) is 5.92 Å². The smallest absolute Gasteiger partial charge is 0.348 e. The highest BCUT2D eigenvalue weighted by Gasteiger charge is 2.50. The molecule has 0 aromatic heterocycles. The fourth-order valence-electron chi connectivity index (χ4n) is 2.44. The summed E-state index contributed by atoms with van der Waals surface area (Å²) >= 11 is 0. The molecule has 0 bridgehead atoms. The minimum absolute atomic E-state index is 0.425. The lowest BCUT2D eigenvalue weighted by Crippen LogP contribution is -2.49. The van der Waals surface area contributed by atoms with Gasteiger partial charge in [-0.2, -0.15) is 9.98 Å². The molecule has 1 aliphatic heterocycles. The first-order valence-electron chi connectivity index (χ1n) is 5.89. The highest BCUT2D eigenvalue weighted by molar-refractivity contribution is 5.82. The molecule has 0 amide bonds. The van der Waals surface area contributed by atoms with Crippen LogP contribution < -0.4 is 5.32 Å². The van der Waals surface area contributed by atoms with E-state index in [9.17, 15) is 19.5 Å². The quantitative estimate of drug-likeness (QED) is 0.624. The van der Waals surface area contributed by atoms with Gasteiger partial charge in [-0.3, -0.25) is 5.32 Å². The first-order valence-corrected chi connectivity index (χ1v) is 5.89. The molecule has 1 fully saturated rings. The van der Waals surface area contributed by atoms with Crippen LogP contribution in [0.25, 0.3) is 0 Å². The maximum atomic E-state index is 11.5. The molecule has 0 saturated carbocycles. The molecule has 102 valence electrons. The zero-order valence-electron chi connectivity index (χ0n) is 10.4. The van der Waals surface area contributed by atoms with Crippen molar-refractivity contribution in [3.05, 3.63) is 29.8 Å². The number of hydrogen-bond acceptors (Lipinski definition) is 6. The SMILES string of the molecule is O=C=Nc1ccc(C2CCN[C@]2(N=C=O)C(=O)O)cc1. The Morgan fingerprint density at radius 2 is 2.00 bits per heavy atom. The lowest BCUT2D eigenvalue weighted by Gasteiger charge is -2.25. The van der Waals surface area contributed by atoms with E-state index in [0.29, 0.717) is 24.2 Å². The number of nitrogens with zero attached hydrogens (tertiary/aromatic N) is 2. The summed E-state index contributed by atoms with van der Waals surface area (Å²) in [5.41, 5.74) is -0.562. The average Bonchev–Trinajstić information content (AvgIpc) is 2.85. The molecule has 2 atom stereocenters. The number of carboxylic acids is 1. The molecule has 1 saturated heterocycles. The van der Waals surface area contributed by atoms with Crippen LogP contribution in [0.5, 0.6) is 0 Å². The van der Waals surface area contributed by atoms with Crippen LogP contribution in [0.4, 0.5) is 5.69 Å². The van der Waals surface area contributed by atoms with Crippen LogP contribution in [0, 0.1) is 0 Å². The number of aliphatic carboxylic acids is 1. The molecular weight excluding hydrogens is 262 g/mol. The third-order valence-corrected chi connectivity index (χ3v) is 3.35. The Kier molecular flexibility index (Phi) is 3.86. The molecule has 0 aliphatic carbocycles. The third-order valence-electron chi connectivity index (χ3n) is 3.35. The van der Waals surface area contributed by atoms with E-state index in [0.717, 1.165) is 0 Å². The number of aliphatic imine (C=N–C) groups is 2. The Hall–Kier alpha value is -2.59. The number of nitrogens with one attached hydrogen (secondary N) is 1. The number of carboxylic acid groups (broad SMARTS) is 1. The summed E-state index contributed by atoms with van der Waals surface area (Å²) in [5, 5.41) is 12.1. The van der Waals surface area contributed by atoms with Gasteiger partial charge in [0.2, 0.25) is 17.8 Å². The van der Waals surface area contributed by atoms with E-state index in [1.807, 2.05) is 0 Å². The number of hydrogen-bond donors (Lipinski definition) is 2. The third kappa shape index (κ3) is 2.29. The standard InChI is InChI=1S/C13H11N3O4/c17-7-14-10-3-1-9(2-4-10)11-5-6-15-13(11,12(19)20)16-8-18/h1-4,11,15H,5-6H2,(H,19,20)/t11?,13-/m1/s1. The summed E-state index contributed by atoms with van der Waals surface area (Å²) < 4.78 is 0. The Bertz CT molecular complexity index is 611. The number of isocyanates is 2. The second-order valence-electron chi connectivity index (χ2n) is 4.34. The Morgan fingerprint density at radius 3 is 2.55 bits per heavy atom. The van der Waals surface area contributed by atoms with Crippen molar-refractivity contribution >= 4 is 23.8 Å². The lowest BCUT2D eigenvalue weighted by molar-refractivity contribution is -0.144. The van der Waals surface area contributed by atoms with Crippen molar-refractivity contribution in [3.63, 3.8) is 0 Å². The molecular formula is C13H11N3O4. The van der Waals surface area contributed by atoms with Crippen molar-refractivity contribution in [3.8, 4) is 0 Å². The van der Waals surface area contributed by atoms with E-state index in [4.69, 9.17) is 0 Å². The summed E-state index contributed by atoms with van der Waals surface area (Å²) in [5.74, 6) is -1.71. The van der Waals surface area contributed by atoms with Crippen LogP contribution in [0.3, 0.4) is 0 Å². The average molecular weight is 273 g/mol. The van der Waals surface area contributed by atoms with Crippen molar-refractivity contribution in [2.45, 2.75) is 18.0 Å². The van der Waals surface area contributed by atoms with Gasteiger partial charge in [0.1, 0.15) is 0 Å². The van der Waals surface area contributed by atoms with Crippen LogP contribution in [0.1, 0.15) is 17.9 Å². The largest absolute Gasteiger partial charge is 0.478 e. The molecule has 0 radical (unpaired) electrons. The highest BCUT2D eigenvalue weighted by atomic mass is 16.4. The van der Waals surface area contributed by atoms with Crippen molar-refractivity contribution < 1.29 is 19.5 Å². The van der Waals surface area contributed by atoms with Gasteiger partial charge in [-0.05, 0) is 30.7 Å². The zero-order chi connectivity index (χ0) is 14.6. The second-order valence-corrected chi connectivity index (χ2v) is 4.34. The molecule has 1 heterocycles. The number of carbonyl (C=O) groups excluding carboxylic acids is 2. The molecule has 7 heteroatoms. The van der Waals surface area contributed by atoms with Crippen molar-refractivity contribution in [1.82, 2.24) is 5.32 Å². The van der Waals surface area contributed by atoms with Gasteiger partial charge in [-0.15, -0.1) is 0 Å². The van der Waals surface area contributed by atoms with Gasteiger partial charge in [0.15, 0.2) is 0 Å². The molecule has 2 rings (SSSR count). The lowest BCUT2D eigenvalue weighted by atomic mass is 9.87. The molecule has 7 nitrogen and oxygen atoms in total. The molecule has 0 spiro atoms. The second kappa shape index (κ2) is 5.59. The van der Waals surface area contributed by atoms with Crippen molar-refractivity contribution in [2.75, 3.05) is 6.54 Å². The zero-order valence-corrected chi connectivity index (χ0v) is 10.4. The highest BCUT2D eigenvalue weighted by Crippen LogP contribution is 2.37. The molecule has 1 unspecified atom stereocenters. The van der Waals surface area contributed by atoms with Gasteiger partial charge in [-0.1, -0.05) is 12.1 Å². The fourth-order valence-corrected chi connectivity index (χ4v) is 2.44. The Labute approximate surface area is 114 Å². The molecule has 1 aliphatic rings. The summed E-state index contributed by atoms with van der Waals surface area (Å²) in [7, 11) is 0. The van der Waals surface area contributed by atoms with Gasteiger partial charge < -0.3 is 5.11 Å². The van der Waals surface area contributed by atoms with Crippen LogP contribution >= 0.6 is 0 Å². The molecule has 1 aromatic rings. The van der Waals surface area contributed by atoms with Crippen molar-refractivity contribution in [2.24, 2.45) is 9.98 Å². The monoisotopic (exact) mass is 273 g/mol. The number of benzene rings is 1. The van der Waals surface area contributed by atoms with Gasteiger partial charge >= 0.3 is 5.97 Å². The van der Waals surface area contributed by atoms with E-state index < -0.39 is 17.6 Å². The van der Waals surface area contributed by atoms with Gasteiger partial charge in [-0.25, -0.2) is 14.4 Å².